The molecule has 5 rings (SSSR count). The maximum absolute atomic E-state index is 4.78. The summed E-state index contributed by atoms with van der Waals surface area (Å²) in [5.41, 5.74) is 6.78. The number of aryl methyl sites for hydroxylation is 1. The highest BCUT2D eigenvalue weighted by molar-refractivity contribution is 5.90. The van der Waals surface area contributed by atoms with Gasteiger partial charge in [-0.1, -0.05) is 12.1 Å². The van der Waals surface area contributed by atoms with Gasteiger partial charge >= 0.3 is 0 Å². The number of likely N-dealkylation sites (N-methyl/N-ethyl adjacent to an activating group) is 1. The van der Waals surface area contributed by atoms with Crippen LogP contribution in [0.2, 0.25) is 0 Å². The van der Waals surface area contributed by atoms with Gasteiger partial charge in [-0.2, -0.15) is 5.10 Å². The second kappa shape index (κ2) is 7.25. The third-order valence-corrected chi connectivity index (χ3v) is 5.44. The first-order chi connectivity index (χ1) is 14.2. The fourth-order valence-electron chi connectivity index (χ4n) is 3.73. The van der Waals surface area contributed by atoms with Crippen molar-refractivity contribution < 1.29 is 0 Å². The first kappa shape index (κ1) is 17.8. The number of benzene rings is 1. The lowest BCUT2D eigenvalue weighted by atomic mass is 10.1. The van der Waals surface area contributed by atoms with Crippen LogP contribution in [0.1, 0.15) is 5.56 Å². The van der Waals surface area contributed by atoms with E-state index in [0.29, 0.717) is 5.82 Å². The predicted molar refractivity (Wildman–Crippen MR) is 115 cm³/mol. The molecule has 3 aromatic heterocycles. The normalized spacial score (nSPS) is 15.2. The number of nitrogens with zero attached hydrogens (tertiary/aromatic N) is 6. The fraction of sp³-hybridized carbons (Fsp3) is 0.273. The van der Waals surface area contributed by atoms with Gasteiger partial charge in [-0.3, -0.25) is 10.1 Å². The number of piperazine rings is 1. The average molecular weight is 385 g/mol. The molecule has 1 fully saturated rings. The van der Waals surface area contributed by atoms with Gasteiger partial charge in [-0.25, -0.2) is 9.97 Å². The monoisotopic (exact) mass is 385 g/mol. The molecule has 1 aliphatic rings. The van der Waals surface area contributed by atoms with Crippen LogP contribution >= 0.6 is 0 Å². The quantitative estimate of drug-likeness (QED) is 0.584. The third-order valence-electron chi connectivity index (χ3n) is 5.44. The second-order valence-electron chi connectivity index (χ2n) is 7.62. The largest absolute Gasteiger partial charge is 0.369 e. The Labute approximate surface area is 169 Å². The van der Waals surface area contributed by atoms with E-state index in [9.17, 15) is 0 Å². The van der Waals surface area contributed by atoms with Crippen LogP contribution < -0.4 is 4.90 Å². The molecule has 0 spiro atoms. The van der Waals surface area contributed by atoms with E-state index in [0.717, 1.165) is 59.6 Å². The lowest BCUT2D eigenvalue weighted by molar-refractivity contribution is 0.313. The minimum absolute atomic E-state index is 0.658. The highest BCUT2D eigenvalue weighted by Crippen LogP contribution is 2.28. The Bertz CT molecular complexity index is 1140. The molecule has 0 aliphatic carbocycles. The van der Waals surface area contributed by atoms with Crippen molar-refractivity contribution in [3.8, 4) is 22.6 Å². The minimum Gasteiger partial charge on any atom is -0.369 e. The van der Waals surface area contributed by atoms with E-state index in [2.05, 4.69) is 61.3 Å². The summed E-state index contributed by atoms with van der Waals surface area (Å²) in [4.78, 5) is 18.3. The maximum Gasteiger partial charge on any atom is 0.161 e. The summed E-state index contributed by atoms with van der Waals surface area (Å²) in [7, 11) is 2.17. The molecule has 1 saturated heterocycles. The van der Waals surface area contributed by atoms with Crippen LogP contribution in [-0.2, 0) is 0 Å². The van der Waals surface area contributed by atoms with Gasteiger partial charge in [-0.15, -0.1) is 0 Å². The molecular formula is C22H23N7. The van der Waals surface area contributed by atoms with Crippen molar-refractivity contribution in [2.75, 3.05) is 38.1 Å². The highest BCUT2D eigenvalue weighted by Gasteiger charge is 2.16. The highest BCUT2D eigenvalue weighted by atomic mass is 15.2. The number of pyridine rings is 1. The Balaban J connectivity index is 1.47. The first-order valence-electron chi connectivity index (χ1n) is 9.84. The summed E-state index contributed by atoms with van der Waals surface area (Å²) in [6.45, 7) is 6.32. The van der Waals surface area contributed by atoms with Crippen molar-refractivity contribution >= 4 is 16.7 Å². The molecule has 0 atom stereocenters. The van der Waals surface area contributed by atoms with Crippen molar-refractivity contribution in [2.24, 2.45) is 0 Å². The Morgan fingerprint density at radius 1 is 0.931 bits per heavy atom. The SMILES string of the molecule is Cc1cncc(-c2ncc3[nH]nc(-c4ccc(N5CCN(C)CC5)cc4)c3n2)c1. The molecule has 0 radical (unpaired) electrons. The number of H-pyrrole nitrogens is 1. The number of aromatic amines is 1. The van der Waals surface area contributed by atoms with Crippen LogP contribution in [0.4, 0.5) is 5.69 Å². The summed E-state index contributed by atoms with van der Waals surface area (Å²) in [6, 6.07) is 10.6. The number of hydrogen-bond donors (Lipinski definition) is 1. The van der Waals surface area contributed by atoms with Crippen LogP contribution in [0.5, 0.6) is 0 Å². The Morgan fingerprint density at radius 3 is 2.48 bits per heavy atom. The molecule has 1 aromatic carbocycles. The van der Waals surface area contributed by atoms with Crippen LogP contribution in [0.3, 0.4) is 0 Å². The molecule has 1 N–H and O–H groups in total. The Hall–Kier alpha value is -3.32. The summed E-state index contributed by atoms with van der Waals surface area (Å²) < 4.78 is 0. The van der Waals surface area contributed by atoms with E-state index < -0.39 is 0 Å². The maximum atomic E-state index is 4.78. The van der Waals surface area contributed by atoms with E-state index >= 15 is 0 Å². The molecule has 7 nitrogen and oxygen atoms in total. The smallest absolute Gasteiger partial charge is 0.161 e. The zero-order chi connectivity index (χ0) is 19.8. The minimum atomic E-state index is 0.658. The van der Waals surface area contributed by atoms with Crippen molar-refractivity contribution in [3.63, 3.8) is 0 Å². The van der Waals surface area contributed by atoms with Gasteiger partial charge < -0.3 is 9.80 Å². The van der Waals surface area contributed by atoms with E-state index in [4.69, 9.17) is 4.98 Å². The summed E-state index contributed by atoms with van der Waals surface area (Å²) in [5.74, 6) is 0.658. The van der Waals surface area contributed by atoms with Gasteiger partial charge in [0.2, 0.25) is 0 Å². The average Bonchev–Trinajstić information content (AvgIpc) is 3.18. The van der Waals surface area contributed by atoms with Crippen molar-refractivity contribution in [2.45, 2.75) is 6.92 Å². The van der Waals surface area contributed by atoms with E-state index in [1.165, 1.54) is 5.69 Å². The van der Waals surface area contributed by atoms with E-state index in [-0.39, 0.29) is 0 Å². The number of nitrogens with one attached hydrogen (secondary N) is 1. The molecule has 146 valence electrons. The molecule has 0 saturated carbocycles. The number of fused-ring (bicyclic) bond motifs is 1. The first-order valence-corrected chi connectivity index (χ1v) is 9.84. The Morgan fingerprint density at radius 2 is 1.72 bits per heavy atom. The number of aromatic nitrogens is 5. The number of hydrogen-bond acceptors (Lipinski definition) is 6. The molecule has 1 aliphatic heterocycles. The lowest BCUT2D eigenvalue weighted by Gasteiger charge is -2.34. The second-order valence-corrected chi connectivity index (χ2v) is 7.62. The topological polar surface area (TPSA) is 73.8 Å². The zero-order valence-corrected chi connectivity index (χ0v) is 16.6. The number of rotatable bonds is 3. The molecule has 4 aromatic rings. The van der Waals surface area contributed by atoms with Gasteiger partial charge in [0, 0.05) is 55.4 Å². The third kappa shape index (κ3) is 3.45. The molecule has 7 heteroatoms. The van der Waals surface area contributed by atoms with Gasteiger partial charge in [0.25, 0.3) is 0 Å². The molecular weight excluding hydrogens is 362 g/mol. The predicted octanol–water partition coefficient (Wildman–Crippen LogP) is 3.14. The lowest BCUT2D eigenvalue weighted by Crippen LogP contribution is -2.44. The molecule has 29 heavy (non-hydrogen) atoms. The van der Waals surface area contributed by atoms with E-state index in [1.807, 2.05) is 19.2 Å². The van der Waals surface area contributed by atoms with Crippen molar-refractivity contribution in [1.29, 1.82) is 0 Å². The van der Waals surface area contributed by atoms with Gasteiger partial charge in [-0.05, 0) is 37.7 Å². The van der Waals surface area contributed by atoms with Crippen LogP contribution in [0.25, 0.3) is 33.7 Å². The van der Waals surface area contributed by atoms with Crippen molar-refractivity contribution in [3.05, 3.63) is 54.5 Å². The van der Waals surface area contributed by atoms with Gasteiger partial charge in [0.05, 0.1) is 6.20 Å². The van der Waals surface area contributed by atoms with Gasteiger partial charge in [0.15, 0.2) is 5.82 Å². The van der Waals surface area contributed by atoms with Crippen LogP contribution in [0.15, 0.2) is 48.9 Å². The standard InChI is InChI=1S/C22H23N7/c1-15-11-17(13-23-12-15)22-24-14-19-21(25-22)20(27-26-19)16-3-5-18(6-4-16)29-9-7-28(2)8-10-29/h3-6,11-14H,7-10H2,1-2H3,(H,26,27). The number of anilines is 1. The summed E-state index contributed by atoms with van der Waals surface area (Å²) >= 11 is 0. The molecule has 0 amide bonds. The molecule has 0 bridgehead atoms. The summed E-state index contributed by atoms with van der Waals surface area (Å²) in [6.07, 6.45) is 5.40. The van der Waals surface area contributed by atoms with Crippen LogP contribution in [-0.4, -0.2) is 63.3 Å². The summed E-state index contributed by atoms with van der Waals surface area (Å²) in [5, 5.41) is 7.56. The van der Waals surface area contributed by atoms with Crippen molar-refractivity contribution in [1.82, 2.24) is 30.0 Å². The molecule has 0 unspecified atom stereocenters. The van der Waals surface area contributed by atoms with E-state index in [1.54, 1.807) is 12.4 Å². The zero-order valence-electron chi connectivity index (χ0n) is 16.6. The fourth-order valence-corrected chi connectivity index (χ4v) is 3.73. The molecule has 4 heterocycles. The Kier molecular flexibility index (Phi) is 4.44. The van der Waals surface area contributed by atoms with Crippen LogP contribution in [0, 0.1) is 6.92 Å². The van der Waals surface area contributed by atoms with Gasteiger partial charge in [0.1, 0.15) is 16.7 Å².